The Labute approximate surface area is 102 Å². The summed E-state index contributed by atoms with van der Waals surface area (Å²) >= 11 is 0. The molecule has 1 atom stereocenters. The summed E-state index contributed by atoms with van der Waals surface area (Å²) in [4.78, 5) is 2.45. The van der Waals surface area contributed by atoms with E-state index in [1.165, 1.54) is 12.8 Å². The van der Waals surface area contributed by atoms with Gasteiger partial charge in [-0.05, 0) is 24.8 Å². The van der Waals surface area contributed by atoms with Gasteiger partial charge in [-0.3, -0.25) is 4.90 Å². The van der Waals surface area contributed by atoms with Gasteiger partial charge in [0.05, 0.1) is 0 Å². The van der Waals surface area contributed by atoms with Crippen LogP contribution in [0.5, 0.6) is 0 Å². The molecule has 3 heteroatoms. The van der Waals surface area contributed by atoms with Crippen molar-refractivity contribution >= 4 is 0 Å². The van der Waals surface area contributed by atoms with Crippen molar-refractivity contribution in [1.82, 2.24) is 10.2 Å². The Morgan fingerprint density at radius 1 is 1.29 bits per heavy atom. The Bertz CT molecular complexity index is 390. The van der Waals surface area contributed by atoms with Crippen LogP contribution in [0.3, 0.4) is 0 Å². The van der Waals surface area contributed by atoms with E-state index in [4.69, 9.17) is 0 Å². The van der Waals surface area contributed by atoms with E-state index >= 15 is 0 Å². The molecule has 2 nitrogen and oxygen atoms in total. The molecule has 1 saturated heterocycles. The van der Waals surface area contributed by atoms with Crippen molar-refractivity contribution < 1.29 is 4.39 Å². The smallest absolute Gasteiger partial charge is 0.127 e. The minimum Gasteiger partial charge on any atom is -0.314 e. The molecule has 1 aromatic carbocycles. The van der Waals surface area contributed by atoms with Crippen molar-refractivity contribution in [2.75, 3.05) is 19.6 Å². The molecule has 3 rings (SSSR count). The van der Waals surface area contributed by atoms with Gasteiger partial charge in [0.1, 0.15) is 5.82 Å². The molecule has 1 saturated carbocycles. The van der Waals surface area contributed by atoms with E-state index in [1.807, 2.05) is 12.1 Å². The lowest BCUT2D eigenvalue weighted by Gasteiger charge is -2.36. The molecule has 1 heterocycles. The molecular weight excluding hydrogens is 215 g/mol. The van der Waals surface area contributed by atoms with Crippen LogP contribution in [0.15, 0.2) is 24.3 Å². The second kappa shape index (κ2) is 4.75. The average molecular weight is 234 g/mol. The lowest BCUT2D eigenvalue weighted by Crippen LogP contribution is -2.51. The summed E-state index contributed by atoms with van der Waals surface area (Å²) in [7, 11) is 0. The lowest BCUT2D eigenvalue weighted by atomic mass is 10.1. The van der Waals surface area contributed by atoms with Gasteiger partial charge < -0.3 is 5.32 Å². The average Bonchev–Trinajstić information content (AvgIpc) is 3.17. The third-order valence-electron chi connectivity index (χ3n) is 3.90. The summed E-state index contributed by atoms with van der Waals surface area (Å²) in [6, 6.07) is 7.76. The second-order valence-electron chi connectivity index (χ2n) is 5.17. The van der Waals surface area contributed by atoms with Gasteiger partial charge in [-0.1, -0.05) is 18.2 Å². The van der Waals surface area contributed by atoms with E-state index in [2.05, 4.69) is 10.2 Å². The third kappa shape index (κ3) is 2.50. The Morgan fingerprint density at radius 3 is 2.88 bits per heavy atom. The zero-order valence-corrected chi connectivity index (χ0v) is 10.0. The highest BCUT2D eigenvalue weighted by Crippen LogP contribution is 2.36. The van der Waals surface area contributed by atoms with Crippen LogP contribution in [-0.4, -0.2) is 30.6 Å². The van der Waals surface area contributed by atoms with Gasteiger partial charge in [-0.2, -0.15) is 0 Å². The van der Waals surface area contributed by atoms with Gasteiger partial charge in [0.15, 0.2) is 0 Å². The first-order valence-electron chi connectivity index (χ1n) is 6.53. The Kier molecular flexibility index (Phi) is 3.12. The zero-order chi connectivity index (χ0) is 11.7. The van der Waals surface area contributed by atoms with Gasteiger partial charge in [0, 0.05) is 37.8 Å². The number of benzene rings is 1. The number of hydrogen-bond donors (Lipinski definition) is 1. The maximum Gasteiger partial charge on any atom is 0.127 e. The van der Waals surface area contributed by atoms with E-state index in [0.717, 1.165) is 37.7 Å². The summed E-state index contributed by atoms with van der Waals surface area (Å²) in [6.45, 7) is 3.89. The molecule has 0 bridgehead atoms. The minimum absolute atomic E-state index is 0.0689. The molecule has 1 N–H and O–H groups in total. The van der Waals surface area contributed by atoms with Crippen LogP contribution in [0.2, 0.25) is 0 Å². The molecule has 2 aliphatic rings. The van der Waals surface area contributed by atoms with Gasteiger partial charge >= 0.3 is 0 Å². The molecule has 1 aliphatic heterocycles. The molecule has 92 valence electrons. The fraction of sp³-hybridized carbons (Fsp3) is 0.571. The van der Waals surface area contributed by atoms with Gasteiger partial charge in [0.25, 0.3) is 0 Å². The van der Waals surface area contributed by atoms with E-state index in [1.54, 1.807) is 12.1 Å². The van der Waals surface area contributed by atoms with Crippen LogP contribution in [0, 0.1) is 11.7 Å². The summed E-state index contributed by atoms with van der Waals surface area (Å²) in [5, 5.41) is 3.45. The molecule has 0 radical (unpaired) electrons. The van der Waals surface area contributed by atoms with Crippen molar-refractivity contribution in [3.63, 3.8) is 0 Å². The summed E-state index contributed by atoms with van der Waals surface area (Å²) in [5.74, 6) is 0.773. The Morgan fingerprint density at radius 2 is 2.12 bits per heavy atom. The van der Waals surface area contributed by atoms with Gasteiger partial charge in [0.2, 0.25) is 0 Å². The predicted octanol–water partition coefficient (Wildman–Crippen LogP) is 2.01. The molecule has 1 aromatic rings. The van der Waals surface area contributed by atoms with Crippen LogP contribution < -0.4 is 5.32 Å². The van der Waals surface area contributed by atoms with E-state index < -0.39 is 0 Å². The first-order valence-corrected chi connectivity index (χ1v) is 6.53. The minimum atomic E-state index is -0.0689. The summed E-state index contributed by atoms with van der Waals surface area (Å²) < 4.78 is 13.6. The van der Waals surface area contributed by atoms with Crippen molar-refractivity contribution in [3.05, 3.63) is 35.6 Å². The molecule has 2 fully saturated rings. The fourth-order valence-electron chi connectivity index (χ4n) is 2.76. The number of hydrogen-bond acceptors (Lipinski definition) is 2. The van der Waals surface area contributed by atoms with E-state index in [0.29, 0.717) is 6.04 Å². The maximum atomic E-state index is 13.6. The summed E-state index contributed by atoms with van der Waals surface area (Å²) in [5.41, 5.74) is 0.833. The highest BCUT2D eigenvalue weighted by Gasteiger charge is 2.36. The van der Waals surface area contributed by atoms with Gasteiger partial charge in [-0.15, -0.1) is 0 Å². The molecule has 0 amide bonds. The van der Waals surface area contributed by atoms with Crippen molar-refractivity contribution in [3.8, 4) is 0 Å². The Balaban J connectivity index is 1.72. The SMILES string of the molecule is Fc1ccccc1CN1CCNCC1C1CC1. The number of nitrogens with zero attached hydrogens (tertiary/aromatic N) is 1. The highest BCUT2D eigenvalue weighted by atomic mass is 19.1. The number of nitrogens with one attached hydrogen (secondary N) is 1. The second-order valence-corrected chi connectivity index (χ2v) is 5.17. The topological polar surface area (TPSA) is 15.3 Å². The highest BCUT2D eigenvalue weighted by molar-refractivity contribution is 5.17. The predicted molar refractivity (Wildman–Crippen MR) is 66.2 cm³/mol. The molecule has 1 unspecified atom stereocenters. The lowest BCUT2D eigenvalue weighted by molar-refractivity contribution is 0.134. The normalized spacial score (nSPS) is 26.1. The van der Waals surface area contributed by atoms with Crippen molar-refractivity contribution in [1.29, 1.82) is 0 Å². The standard InChI is InChI=1S/C14H19FN2/c15-13-4-2-1-3-12(13)10-17-8-7-16-9-14(17)11-5-6-11/h1-4,11,14,16H,5-10H2. The van der Waals surface area contributed by atoms with E-state index in [-0.39, 0.29) is 5.82 Å². The first kappa shape index (κ1) is 11.2. The van der Waals surface area contributed by atoms with E-state index in [9.17, 15) is 4.39 Å². The zero-order valence-electron chi connectivity index (χ0n) is 10.0. The molecule has 1 aliphatic carbocycles. The van der Waals surface area contributed by atoms with Crippen LogP contribution >= 0.6 is 0 Å². The Hall–Kier alpha value is -0.930. The number of rotatable bonds is 3. The fourth-order valence-corrected chi connectivity index (χ4v) is 2.76. The monoisotopic (exact) mass is 234 g/mol. The molecule has 0 aromatic heterocycles. The molecule has 17 heavy (non-hydrogen) atoms. The molecular formula is C14H19FN2. The maximum absolute atomic E-state index is 13.6. The van der Waals surface area contributed by atoms with Crippen LogP contribution in [0.4, 0.5) is 4.39 Å². The summed E-state index contributed by atoms with van der Waals surface area (Å²) in [6.07, 6.45) is 2.69. The first-order chi connectivity index (χ1) is 8.34. The molecule has 0 spiro atoms. The number of piperazine rings is 1. The van der Waals surface area contributed by atoms with Crippen molar-refractivity contribution in [2.45, 2.75) is 25.4 Å². The van der Waals surface area contributed by atoms with Gasteiger partial charge in [-0.25, -0.2) is 4.39 Å². The van der Waals surface area contributed by atoms with Crippen LogP contribution in [-0.2, 0) is 6.54 Å². The quantitative estimate of drug-likeness (QED) is 0.860. The van der Waals surface area contributed by atoms with Crippen molar-refractivity contribution in [2.24, 2.45) is 5.92 Å². The van der Waals surface area contributed by atoms with Crippen LogP contribution in [0.1, 0.15) is 18.4 Å². The number of halogens is 1. The third-order valence-corrected chi connectivity index (χ3v) is 3.90. The largest absolute Gasteiger partial charge is 0.314 e. The van der Waals surface area contributed by atoms with Crippen LogP contribution in [0.25, 0.3) is 0 Å².